The number of benzene rings is 1. The Morgan fingerprint density at radius 1 is 1.23 bits per heavy atom. The number of aromatic nitrogens is 1. The Bertz CT molecular complexity index is 1060. The van der Waals surface area contributed by atoms with E-state index in [0.29, 0.717) is 30.8 Å². The van der Waals surface area contributed by atoms with Crippen LogP contribution in [0.25, 0.3) is 11.1 Å². The molecular formula is C21H29ClN2O5S. The van der Waals surface area contributed by atoms with Gasteiger partial charge in [-0.2, -0.15) is 0 Å². The molecule has 30 heavy (non-hydrogen) atoms. The van der Waals surface area contributed by atoms with Crippen molar-refractivity contribution in [1.29, 1.82) is 0 Å². The van der Waals surface area contributed by atoms with Crippen LogP contribution in [0.5, 0.6) is 0 Å². The van der Waals surface area contributed by atoms with Gasteiger partial charge in [-0.15, -0.1) is 0 Å². The highest BCUT2D eigenvalue weighted by Crippen LogP contribution is 2.37. The van der Waals surface area contributed by atoms with Crippen molar-refractivity contribution in [2.75, 3.05) is 13.1 Å². The molecule has 9 heteroatoms. The first-order valence-corrected chi connectivity index (χ1v) is 11.9. The summed E-state index contributed by atoms with van der Waals surface area (Å²) < 4.78 is 38.5. The van der Waals surface area contributed by atoms with Crippen molar-refractivity contribution < 1.29 is 22.4 Å². The fourth-order valence-electron chi connectivity index (χ4n) is 3.38. The summed E-state index contributed by atoms with van der Waals surface area (Å²) in [7, 11) is -3.88. The highest BCUT2D eigenvalue weighted by Gasteiger charge is 2.38. The topological polar surface area (TPSA) is 89.7 Å². The van der Waals surface area contributed by atoms with Crippen molar-refractivity contribution >= 4 is 38.6 Å². The molecule has 1 aliphatic heterocycles. The smallest absolute Gasteiger partial charge is 0.410 e. The van der Waals surface area contributed by atoms with Gasteiger partial charge in [-0.25, -0.2) is 18.2 Å². The average molecular weight is 457 g/mol. The molecule has 1 atom stereocenters. The van der Waals surface area contributed by atoms with Crippen molar-refractivity contribution in [2.45, 2.75) is 75.5 Å². The van der Waals surface area contributed by atoms with E-state index in [2.05, 4.69) is 4.98 Å². The third kappa shape index (κ3) is 4.59. The number of rotatable bonds is 2. The molecule has 1 fully saturated rings. The summed E-state index contributed by atoms with van der Waals surface area (Å²) in [5, 5.41) is -0.710. The predicted molar refractivity (Wildman–Crippen MR) is 116 cm³/mol. The largest absolute Gasteiger partial charge is 0.444 e. The second-order valence-corrected chi connectivity index (χ2v) is 12.3. The normalized spacial score (nSPS) is 18.6. The molecule has 1 saturated heterocycles. The summed E-state index contributed by atoms with van der Waals surface area (Å²) in [4.78, 5) is 18.3. The van der Waals surface area contributed by atoms with Crippen molar-refractivity contribution in [3.8, 4) is 0 Å². The summed E-state index contributed by atoms with van der Waals surface area (Å²) in [6.45, 7) is 11.6. The van der Waals surface area contributed by atoms with E-state index < -0.39 is 26.8 Å². The van der Waals surface area contributed by atoms with Crippen LogP contribution in [0.3, 0.4) is 0 Å². The van der Waals surface area contributed by atoms with E-state index in [4.69, 9.17) is 20.8 Å². The summed E-state index contributed by atoms with van der Waals surface area (Å²) in [6, 6.07) is 3.18. The van der Waals surface area contributed by atoms with Crippen molar-refractivity contribution in [2.24, 2.45) is 0 Å². The van der Waals surface area contributed by atoms with Crippen LogP contribution >= 0.6 is 11.6 Å². The van der Waals surface area contributed by atoms with Gasteiger partial charge in [0, 0.05) is 18.5 Å². The molecule has 0 N–H and O–H groups in total. The highest BCUT2D eigenvalue weighted by molar-refractivity contribution is 7.92. The lowest BCUT2D eigenvalue weighted by atomic mass is 9.97. The molecule has 1 aromatic carbocycles. The number of fused-ring (bicyclic) bond motifs is 1. The minimum atomic E-state index is -3.88. The van der Waals surface area contributed by atoms with E-state index in [0.717, 1.165) is 0 Å². The molecule has 1 unspecified atom stereocenters. The van der Waals surface area contributed by atoms with Crippen molar-refractivity contribution in [3.63, 3.8) is 0 Å². The van der Waals surface area contributed by atoms with Crippen LogP contribution in [0.4, 0.5) is 4.79 Å². The van der Waals surface area contributed by atoms with E-state index in [1.165, 1.54) is 11.0 Å². The molecule has 0 bridgehead atoms. The van der Waals surface area contributed by atoms with Gasteiger partial charge in [-0.1, -0.05) is 32.4 Å². The van der Waals surface area contributed by atoms with Crippen LogP contribution in [0.2, 0.25) is 5.02 Å². The van der Waals surface area contributed by atoms with Crippen molar-refractivity contribution in [3.05, 3.63) is 23.0 Å². The second-order valence-electron chi connectivity index (χ2n) is 9.73. The number of piperidine rings is 1. The maximum atomic E-state index is 13.6. The Balaban J connectivity index is 1.99. The molecule has 0 saturated carbocycles. The molecule has 1 amide bonds. The van der Waals surface area contributed by atoms with Gasteiger partial charge in [0.25, 0.3) is 0 Å². The first kappa shape index (κ1) is 22.9. The Labute approximate surface area is 182 Å². The number of likely N-dealkylation sites (tertiary alicyclic amines) is 1. The van der Waals surface area contributed by atoms with Gasteiger partial charge in [0.1, 0.15) is 16.0 Å². The van der Waals surface area contributed by atoms with Crippen LogP contribution in [0, 0.1) is 0 Å². The Hall–Kier alpha value is -1.80. The summed E-state index contributed by atoms with van der Waals surface area (Å²) in [6.07, 6.45) is 0.469. The molecule has 0 spiro atoms. The maximum absolute atomic E-state index is 13.6. The molecule has 1 aliphatic rings. The Morgan fingerprint density at radius 3 is 2.50 bits per heavy atom. The lowest BCUT2D eigenvalue weighted by Crippen LogP contribution is -2.47. The fourth-order valence-corrected chi connectivity index (χ4v) is 5.78. The van der Waals surface area contributed by atoms with E-state index in [-0.39, 0.29) is 27.5 Å². The number of amides is 1. The molecule has 3 rings (SSSR count). The van der Waals surface area contributed by atoms with Crippen LogP contribution in [-0.2, 0) is 20.0 Å². The quantitative estimate of drug-likeness (QED) is 0.634. The van der Waals surface area contributed by atoms with Crippen LogP contribution in [0.15, 0.2) is 21.4 Å². The van der Waals surface area contributed by atoms with Crippen molar-refractivity contribution in [1.82, 2.24) is 9.88 Å². The fraction of sp³-hybridized carbons (Fsp3) is 0.619. The number of nitrogens with zero attached hydrogens (tertiary/aromatic N) is 2. The van der Waals surface area contributed by atoms with Crippen LogP contribution < -0.4 is 0 Å². The van der Waals surface area contributed by atoms with Gasteiger partial charge in [-0.05, 0) is 45.7 Å². The molecule has 2 heterocycles. The van der Waals surface area contributed by atoms with E-state index >= 15 is 0 Å². The van der Waals surface area contributed by atoms with E-state index in [9.17, 15) is 13.2 Å². The van der Waals surface area contributed by atoms with Gasteiger partial charge in [-0.3, -0.25) is 0 Å². The van der Waals surface area contributed by atoms with E-state index in [1.807, 2.05) is 20.8 Å². The minimum Gasteiger partial charge on any atom is -0.444 e. The third-order valence-electron chi connectivity index (χ3n) is 4.86. The number of hydrogen-bond acceptors (Lipinski definition) is 6. The Morgan fingerprint density at radius 2 is 1.90 bits per heavy atom. The lowest BCUT2D eigenvalue weighted by molar-refractivity contribution is 0.0219. The minimum absolute atomic E-state index is 0.0459. The van der Waals surface area contributed by atoms with Gasteiger partial charge >= 0.3 is 6.09 Å². The first-order chi connectivity index (χ1) is 13.7. The SMILES string of the molecule is CC(C)(C)OC(=O)N1CCCC(S(=O)(=O)c2c(Cl)ccc3nc(C(C)(C)C)oc23)C1. The second kappa shape index (κ2) is 7.71. The lowest BCUT2D eigenvalue weighted by Gasteiger charge is -2.33. The number of carbonyl (C=O) groups excluding carboxylic acids is 1. The third-order valence-corrected chi connectivity index (χ3v) is 7.52. The summed E-state index contributed by atoms with van der Waals surface area (Å²) in [5.41, 5.74) is -0.421. The predicted octanol–water partition coefficient (Wildman–Crippen LogP) is 4.95. The zero-order valence-electron chi connectivity index (χ0n) is 18.3. The van der Waals surface area contributed by atoms with E-state index in [1.54, 1.807) is 26.8 Å². The number of sulfone groups is 1. The summed E-state index contributed by atoms with van der Waals surface area (Å²) in [5.74, 6) is 0.440. The van der Waals surface area contributed by atoms with Gasteiger partial charge in [0.2, 0.25) is 5.89 Å². The van der Waals surface area contributed by atoms with Crippen LogP contribution in [0.1, 0.15) is 60.3 Å². The number of carbonyl (C=O) groups is 1. The average Bonchev–Trinajstić information content (AvgIpc) is 3.04. The first-order valence-electron chi connectivity index (χ1n) is 10.0. The van der Waals surface area contributed by atoms with Gasteiger partial charge in [0.15, 0.2) is 15.4 Å². The number of hydrogen-bond donors (Lipinski definition) is 0. The zero-order chi connectivity index (χ0) is 22.5. The summed E-state index contributed by atoms with van der Waals surface area (Å²) >= 11 is 6.34. The molecular weight excluding hydrogens is 428 g/mol. The molecule has 7 nitrogen and oxygen atoms in total. The monoisotopic (exact) mass is 456 g/mol. The van der Waals surface area contributed by atoms with Gasteiger partial charge < -0.3 is 14.1 Å². The molecule has 1 aromatic heterocycles. The molecule has 0 aliphatic carbocycles. The number of halogens is 1. The maximum Gasteiger partial charge on any atom is 0.410 e. The number of ether oxygens (including phenoxy) is 1. The zero-order valence-corrected chi connectivity index (χ0v) is 19.9. The Kier molecular flexibility index (Phi) is 5.88. The number of oxazole rings is 1. The molecule has 166 valence electrons. The molecule has 0 radical (unpaired) electrons. The van der Waals surface area contributed by atoms with Crippen LogP contribution in [-0.4, -0.2) is 48.3 Å². The molecule has 2 aromatic rings. The van der Waals surface area contributed by atoms with Gasteiger partial charge in [0.05, 0.1) is 10.3 Å². The highest BCUT2D eigenvalue weighted by atomic mass is 35.5. The standard InChI is InChI=1S/C21H29ClN2O5S/c1-20(2,3)18-23-15-10-9-14(22)17(16(15)28-18)30(26,27)13-8-7-11-24(12-13)19(25)29-21(4,5)6/h9-10,13H,7-8,11-12H2,1-6H3.